The van der Waals surface area contributed by atoms with E-state index in [1.165, 1.54) is 5.56 Å². The molecule has 5 heteroatoms. The minimum atomic E-state index is 0.237. The van der Waals surface area contributed by atoms with Gasteiger partial charge in [-0.05, 0) is 49.1 Å². The highest BCUT2D eigenvalue weighted by Crippen LogP contribution is 2.30. The number of aromatic hydroxyl groups is 1. The van der Waals surface area contributed by atoms with E-state index in [0.29, 0.717) is 5.69 Å². The number of nitrogen functional groups attached to an aromatic ring is 1. The van der Waals surface area contributed by atoms with Crippen molar-refractivity contribution in [3.63, 3.8) is 0 Å². The zero-order chi connectivity index (χ0) is 19.1. The summed E-state index contributed by atoms with van der Waals surface area (Å²) in [5, 5.41) is 10.7. The molecule has 2 aromatic carbocycles. The monoisotopic (exact) mass is 356 g/mol. The molecule has 0 radical (unpaired) electrons. The molecule has 1 aromatic heterocycles. The first kappa shape index (κ1) is 19.3. The van der Waals surface area contributed by atoms with E-state index >= 15 is 0 Å². The van der Waals surface area contributed by atoms with Crippen LogP contribution in [0.2, 0.25) is 0 Å². The maximum atomic E-state index is 9.74. The van der Waals surface area contributed by atoms with Gasteiger partial charge in [0.25, 0.3) is 0 Å². The first-order valence-corrected chi connectivity index (χ1v) is 8.50. The smallest absolute Gasteiger partial charge is 0.117 e. The Hall–Kier alpha value is -3.00. The zero-order valence-electron chi connectivity index (χ0n) is 14.9. The van der Waals surface area contributed by atoms with Gasteiger partial charge in [-0.1, -0.05) is 31.4 Å². The molecule has 3 N–H and O–H groups in total. The van der Waals surface area contributed by atoms with Crippen molar-refractivity contribution < 1.29 is 14.3 Å². The van der Waals surface area contributed by atoms with Crippen LogP contribution in [0.25, 0.3) is 10.9 Å². The van der Waals surface area contributed by atoms with Crippen molar-refractivity contribution >= 4 is 16.6 Å². The number of anilines is 1. The van der Waals surface area contributed by atoms with Crippen molar-refractivity contribution in [2.75, 3.05) is 5.73 Å². The Morgan fingerprint density at radius 2 is 1.73 bits per heavy atom. The third-order valence-corrected chi connectivity index (χ3v) is 4.22. The third kappa shape index (κ3) is 3.97. The molecule has 3 aromatic rings. The molecule has 0 bridgehead atoms. The van der Waals surface area contributed by atoms with Crippen LogP contribution in [-0.4, -0.2) is 9.67 Å². The molecule has 0 fully saturated rings. The molecular formula is C21H22F2N2O. The largest absolute Gasteiger partial charge is 0.508 e. The highest BCUT2D eigenvalue weighted by molar-refractivity contribution is 5.96. The average Bonchev–Trinajstić information content (AvgIpc) is 2.93. The molecule has 3 rings (SSSR count). The molecule has 3 nitrogen and oxygen atoms in total. The Balaban J connectivity index is 0.00000117. The number of fused-ring (bicyclic) bond motifs is 1. The molecule has 136 valence electrons. The second-order valence-electron chi connectivity index (χ2n) is 5.90. The summed E-state index contributed by atoms with van der Waals surface area (Å²) in [5.41, 5.74) is 11.0. The summed E-state index contributed by atoms with van der Waals surface area (Å²) in [6, 6.07) is 13.6. The van der Waals surface area contributed by atoms with E-state index < -0.39 is 0 Å². The van der Waals surface area contributed by atoms with Gasteiger partial charge in [-0.25, -0.2) is 0 Å². The highest BCUT2D eigenvalue weighted by Gasteiger charge is 2.12. The number of nitrogens with zero attached hydrogens (tertiary/aromatic N) is 1. The number of halogens is 2. The van der Waals surface area contributed by atoms with Gasteiger partial charge in [-0.3, -0.25) is 0 Å². The summed E-state index contributed by atoms with van der Waals surface area (Å²) in [6.07, 6.45) is 2.24. The van der Waals surface area contributed by atoms with Crippen LogP contribution in [0.3, 0.4) is 0 Å². The topological polar surface area (TPSA) is 51.2 Å². The van der Waals surface area contributed by atoms with Gasteiger partial charge in [-0.2, -0.15) is 0 Å². The summed E-state index contributed by atoms with van der Waals surface area (Å²) in [6.45, 7) is 4.97. The molecule has 0 atom stereocenters. The predicted octanol–water partition coefficient (Wildman–Crippen LogP) is 5.14. The number of aromatic nitrogens is 1. The molecule has 0 aliphatic carbocycles. The summed E-state index contributed by atoms with van der Waals surface area (Å²) in [5.74, 6) is 6.66. The first-order chi connectivity index (χ1) is 12.6. The Bertz CT molecular complexity index is 935. The molecule has 0 unspecified atom stereocenters. The lowest BCUT2D eigenvalue weighted by molar-refractivity contribution is 0.108. The number of hydrogen-bond acceptors (Lipinski definition) is 2. The number of phenolic OH excluding ortho intramolecular Hbond substituents is 1. The maximum absolute atomic E-state index is 9.74. The van der Waals surface area contributed by atoms with Gasteiger partial charge in [0.15, 0.2) is 0 Å². The summed E-state index contributed by atoms with van der Waals surface area (Å²) >= 11 is 0. The van der Waals surface area contributed by atoms with E-state index in [0.717, 1.165) is 41.5 Å². The lowest BCUT2D eigenvalue weighted by atomic mass is 10.1. The van der Waals surface area contributed by atoms with Gasteiger partial charge in [0.1, 0.15) is 11.4 Å². The zero-order valence-corrected chi connectivity index (χ0v) is 14.9. The molecule has 0 amide bonds. The second-order valence-corrected chi connectivity index (χ2v) is 5.90. The van der Waals surface area contributed by atoms with Crippen LogP contribution in [0.4, 0.5) is 14.8 Å². The van der Waals surface area contributed by atoms with Crippen LogP contribution in [0, 0.1) is 11.8 Å². The van der Waals surface area contributed by atoms with Crippen molar-refractivity contribution in [2.24, 2.45) is 0 Å². The standard InChI is InChI=1S/C21H22N2O.F2/c1-3-5-15-6-8-16(9-7-15)10-13-19-21(22)18-12-11-17(24)14-20(18)23(19)4-2;1-2/h6-9,11-12,14,24H,3-5,22H2,1-2H3;. The van der Waals surface area contributed by atoms with Crippen molar-refractivity contribution in [2.45, 2.75) is 33.2 Å². The Labute approximate surface area is 151 Å². The molecule has 0 saturated carbocycles. The third-order valence-electron chi connectivity index (χ3n) is 4.22. The summed E-state index contributed by atoms with van der Waals surface area (Å²) in [7, 11) is 0. The van der Waals surface area contributed by atoms with Crippen LogP contribution in [-0.2, 0) is 13.0 Å². The predicted molar refractivity (Wildman–Crippen MR) is 102 cm³/mol. The van der Waals surface area contributed by atoms with Gasteiger partial charge in [0.2, 0.25) is 0 Å². The Morgan fingerprint density at radius 1 is 1.04 bits per heavy atom. The number of nitrogens with two attached hydrogens (primary N) is 1. The van der Waals surface area contributed by atoms with E-state index in [4.69, 9.17) is 14.9 Å². The van der Waals surface area contributed by atoms with E-state index in [-0.39, 0.29) is 5.75 Å². The number of aryl methyl sites for hydroxylation is 2. The van der Waals surface area contributed by atoms with Crippen molar-refractivity contribution in [3.8, 4) is 17.6 Å². The van der Waals surface area contributed by atoms with Crippen LogP contribution in [0.5, 0.6) is 5.75 Å². The van der Waals surface area contributed by atoms with Crippen LogP contribution in [0.15, 0.2) is 42.5 Å². The van der Waals surface area contributed by atoms with Crippen molar-refractivity contribution in [3.05, 3.63) is 59.3 Å². The van der Waals surface area contributed by atoms with Crippen LogP contribution < -0.4 is 5.73 Å². The van der Waals surface area contributed by atoms with Gasteiger partial charge in [0, 0.05) is 32.7 Å². The fourth-order valence-corrected chi connectivity index (χ4v) is 3.00. The fourth-order valence-electron chi connectivity index (χ4n) is 3.00. The molecule has 1 heterocycles. The number of phenols is 1. The summed E-state index contributed by atoms with van der Waals surface area (Å²) in [4.78, 5) is 0. The second kappa shape index (κ2) is 8.91. The minimum absolute atomic E-state index is 0.237. The van der Waals surface area contributed by atoms with Gasteiger partial charge in [0.05, 0.1) is 11.2 Å². The average molecular weight is 356 g/mol. The van der Waals surface area contributed by atoms with E-state index in [1.54, 1.807) is 12.1 Å². The summed E-state index contributed by atoms with van der Waals surface area (Å²) < 4.78 is 18.0. The quantitative estimate of drug-likeness (QED) is 0.638. The molecule has 26 heavy (non-hydrogen) atoms. The molecule has 0 aliphatic rings. The molecular weight excluding hydrogens is 334 g/mol. The fraction of sp³-hybridized carbons (Fsp3) is 0.238. The lowest BCUT2D eigenvalue weighted by Crippen LogP contribution is -1.98. The van der Waals surface area contributed by atoms with E-state index in [2.05, 4.69) is 43.0 Å². The Kier molecular flexibility index (Phi) is 6.62. The maximum Gasteiger partial charge on any atom is 0.117 e. The molecule has 0 aliphatic heterocycles. The van der Waals surface area contributed by atoms with Crippen LogP contribution >= 0.6 is 0 Å². The SMILES string of the molecule is CCCc1ccc(C#Cc2c(N)c3ccc(O)cc3n2CC)cc1.FF. The first-order valence-electron chi connectivity index (χ1n) is 8.50. The normalized spacial score (nSPS) is 10.0. The molecule has 0 saturated heterocycles. The highest BCUT2D eigenvalue weighted by atomic mass is 20.0. The molecule has 0 spiro atoms. The Morgan fingerprint density at radius 3 is 2.35 bits per heavy atom. The van der Waals surface area contributed by atoms with Gasteiger partial charge in [-0.15, -0.1) is 0 Å². The van der Waals surface area contributed by atoms with E-state index in [9.17, 15) is 5.11 Å². The number of benzene rings is 2. The van der Waals surface area contributed by atoms with Gasteiger partial charge >= 0.3 is 0 Å². The number of rotatable bonds is 3. The van der Waals surface area contributed by atoms with Crippen molar-refractivity contribution in [1.29, 1.82) is 0 Å². The lowest BCUT2D eigenvalue weighted by Gasteiger charge is -2.03. The van der Waals surface area contributed by atoms with Crippen LogP contribution in [0.1, 0.15) is 37.1 Å². The van der Waals surface area contributed by atoms with Crippen molar-refractivity contribution in [1.82, 2.24) is 4.57 Å². The number of hydrogen-bond donors (Lipinski definition) is 2. The minimum Gasteiger partial charge on any atom is -0.508 e. The van der Waals surface area contributed by atoms with Gasteiger partial charge < -0.3 is 15.4 Å². The van der Waals surface area contributed by atoms with E-state index in [1.807, 2.05) is 17.6 Å².